The van der Waals surface area contributed by atoms with Gasteiger partial charge in [0.2, 0.25) is 0 Å². The van der Waals surface area contributed by atoms with Crippen LogP contribution in [0.2, 0.25) is 0 Å². The Labute approximate surface area is 144 Å². The van der Waals surface area contributed by atoms with Crippen molar-refractivity contribution >= 4 is 16.7 Å². The number of carboxylic acids is 1. The van der Waals surface area contributed by atoms with Gasteiger partial charge in [0.05, 0.1) is 18.1 Å². The summed E-state index contributed by atoms with van der Waals surface area (Å²) in [5, 5.41) is 15.1. The van der Waals surface area contributed by atoms with Gasteiger partial charge in [-0.15, -0.1) is 0 Å². The van der Waals surface area contributed by atoms with E-state index in [4.69, 9.17) is 4.74 Å². The predicted molar refractivity (Wildman–Crippen MR) is 95.4 cm³/mol. The van der Waals surface area contributed by atoms with Crippen LogP contribution in [-0.2, 0) is 7.05 Å². The molecular formula is C19H18N2O4. The summed E-state index contributed by atoms with van der Waals surface area (Å²) in [4.78, 5) is 23.9. The van der Waals surface area contributed by atoms with E-state index < -0.39 is 5.97 Å². The van der Waals surface area contributed by atoms with Crippen LogP contribution >= 0.6 is 0 Å². The average molecular weight is 338 g/mol. The number of aryl methyl sites for hydroxylation is 2. The van der Waals surface area contributed by atoms with Gasteiger partial charge in [-0.3, -0.25) is 4.79 Å². The number of benzene rings is 2. The summed E-state index contributed by atoms with van der Waals surface area (Å²) in [6, 6.07) is 8.96. The molecule has 3 aromatic rings. The summed E-state index contributed by atoms with van der Waals surface area (Å²) >= 11 is 0. The maximum absolute atomic E-state index is 12.3. The number of hydrogen-bond donors (Lipinski definition) is 1. The van der Waals surface area contributed by atoms with E-state index in [2.05, 4.69) is 5.10 Å². The topological polar surface area (TPSA) is 81.4 Å². The highest BCUT2D eigenvalue weighted by Gasteiger charge is 2.22. The van der Waals surface area contributed by atoms with Crippen LogP contribution in [0.3, 0.4) is 0 Å². The van der Waals surface area contributed by atoms with Gasteiger partial charge in [0, 0.05) is 23.6 Å². The average Bonchev–Trinajstić information content (AvgIpc) is 2.57. The lowest BCUT2D eigenvalue weighted by atomic mass is 9.94. The molecule has 0 spiro atoms. The third-order valence-corrected chi connectivity index (χ3v) is 4.35. The zero-order chi connectivity index (χ0) is 18.3. The molecule has 25 heavy (non-hydrogen) atoms. The van der Waals surface area contributed by atoms with Crippen molar-refractivity contribution in [2.24, 2.45) is 7.05 Å². The number of aromatic carboxylic acids is 1. The lowest BCUT2D eigenvalue weighted by Gasteiger charge is -2.17. The number of methoxy groups -OCH3 is 1. The fourth-order valence-corrected chi connectivity index (χ4v) is 3.23. The minimum atomic E-state index is -1.00. The highest BCUT2D eigenvalue weighted by atomic mass is 16.5. The third kappa shape index (κ3) is 2.55. The minimum Gasteiger partial charge on any atom is -0.496 e. The van der Waals surface area contributed by atoms with E-state index in [1.165, 1.54) is 11.8 Å². The van der Waals surface area contributed by atoms with Crippen LogP contribution in [0.15, 0.2) is 35.1 Å². The molecule has 0 aliphatic rings. The molecule has 0 atom stereocenters. The molecule has 0 aliphatic carbocycles. The highest BCUT2D eigenvalue weighted by Crippen LogP contribution is 2.38. The fourth-order valence-electron chi connectivity index (χ4n) is 3.23. The summed E-state index contributed by atoms with van der Waals surface area (Å²) in [5.74, 6) is -0.558. The fraction of sp³-hybridized carbons (Fsp3) is 0.211. The summed E-state index contributed by atoms with van der Waals surface area (Å²) in [6.45, 7) is 3.45. The van der Waals surface area contributed by atoms with Gasteiger partial charge in [0.15, 0.2) is 0 Å². The second kappa shape index (κ2) is 6.05. The van der Waals surface area contributed by atoms with E-state index >= 15 is 0 Å². The molecule has 1 aromatic heterocycles. The molecule has 0 amide bonds. The van der Waals surface area contributed by atoms with Crippen molar-refractivity contribution in [2.45, 2.75) is 13.8 Å². The Kier molecular flexibility index (Phi) is 4.04. The van der Waals surface area contributed by atoms with Crippen molar-refractivity contribution in [3.8, 4) is 17.0 Å². The number of fused-ring (bicyclic) bond motifs is 1. The smallest absolute Gasteiger partial charge is 0.336 e. The normalized spacial score (nSPS) is 10.9. The Hall–Kier alpha value is -3.15. The van der Waals surface area contributed by atoms with E-state index in [0.717, 1.165) is 0 Å². The number of ether oxygens (including phenoxy) is 1. The minimum absolute atomic E-state index is 0.186. The Bertz CT molecular complexity index is 1070. The molecule has 0 bridgehead atoms. The summed E-state index contributed by atoms with van der Waals surface area (Å²) in [6.07, 6.45) is 0. The van der Waals surface area contributed by atoms with Crippen molar-refractivity contribution in [3.63, 3.8) is 0 Å². The Morgan fingerprint density at radius 2 is 1.84 bits per heavy atom. The number of carbonyl (C=O) groups is 1. The van der Waals surface area contributed by atoms with Crippen LogP contribution in [-0.4, -0.2) is 28.0 Å². The lowest BCUT2D eigenvalue weighted by molar-refractivity contribution is 0.0695. The van der Waals surface area contributed by atoms with E-state index in [-0.39, 0.29) is 11.1 Å². The van der Waals surface area contributed by atoms with Gasteiger partial charge in [-0.05, 0) is 31.5 Å². The Morgan fingerprint density at radius 3 is 2.44 bits per heavy atom. The molecule has 2 aromatic carbocycles. The first-order chi connectivity index (χ1) is 11.9. The third-order valence-electron chi connectivity index (χ3n) is 4.35. The van der Waals surface area contributed by atoms with Gasteiger partial charge < -0.3 is 9.84 Å². The monoisotopic (exact) mass is 338 g/mol. The quantitative estimate of drug-likeness (QED) is 0.794. The summed E-state index contributed by atoms with van der Waals surface area (Å²) in [7, 11) is 3.09. The first-order valence-electron chi connectivity index (χ1n) is 7.74. The van der Waals surface area contributed by atoms with Gasteiger partial charge in [-0.25, -0.2) is 9.48 Å². The molecule has 3 rings (SSSR count). The maximum atomic E-state index is 12.3. The van der Waals surface area contributed by atoms with Gasteiger partial charge in [-0.2, -0.15) is 5.10 Å². The summed E-state index contributed by atoms with van der Waals surface area (Å²) in [5.41, 5.74) is 2.42. The molecule has 0 unspecified atom stereocenters. The molecule has 0 radical (unpaired) electrons. The van der Waals surface area contributed by atoms with E-state index in [1.54, 1.807) is 39.1 Å². The molecular weight excluding hydrogens is 320 g/mol. The van der Waals surface area contributed by atoms with Gasteiger partial charge in [-0.1, -0.05) is 18.2 Å². The second-order valence-corrected chi connectivity index (χ2v) is 5.90. The number of nitrogens with zero attached hydrogens (tertiary/aromatic N) is 2. The molecule has 128 valence electrons. The van der Waals surface area contributed by atoms with Gasteiger partial charge >= 0.3 is 5.97 Å². The largest absolute Gasteiger partial charge is 0.496 e. The number of hydrogen-bond acceptors (Lipinski definition) is 4. The van der Waals surface area contributed by atoms with Crippen LogP contribution in [0.5, 0.6) is 5.75 Å². The molecule has 0 saturated carbocycles. The maximum Gasteiger partial charge on any atom is 0.336 e. The zero-order valence-corrected chi connectivity index (χ0v) is 14.5. The number of aromatic nitrogens is 2. The van der Waals surface area contributed by atoms with Crippen molar-refractivity contribution in [1.29, 1.82) is 0 Å². The Balaban J connectivity index is 2.46. The van der Waals surface area contributed by atoms with E-state index in [1.807, 2.05) is 12.1 Å². The van der Waals surface area contributed by atoms with E-state index in [9.17, 15) is 14.7 Å². The van der Waals surface area contributed by atoms with Crippen LogP contribution in [0.4, 0.5) is 0 Å². The number of carboxylic acid groups (broad SMARTS) is 1. The van der Waals surface area contributed by atoms with Crippen LogP contribution in [0, 0.1) is 13.8 Å². The van der Waals surface area contributed by atoms with Crippen molar-refractivity contribution < 1.29 is 14.6 Å². The predicted octanol–water partition coefficient (Wildman–Crippen LogP) is 2.92. The standard InChI is InChI=1S/C19H18N2O4/c1-10-9-14(17(25-4)11(2)15(10)19(23)24)16-12-7-5-6-8-13(12)18(22)21(3)20-16/h5-9H,1-4H3,(H,23,24). The van der Waals surface area contributed by atoms with Crippen LogP contribution in [0.1, 0.15) is 21.5 Å². The van der Waals surface area contributed by atoms with Crippen molar-refractivity contribution in [1.82, 2.24) is 9.78 Å². The number of rotatable bonds is 3. The molecule has 6 nitrogen and oxygen atoms in total. The van der Waals surface area contributed by atoms with Crippen LogP contribution in [0.25, 0.3) is 22.0 Å². The van der Waals surface area contributed by atoms with Crippen molar-refractivity contribution in [2.75, 3.05) is 7.11 Å². The molecule has 0 saturated heterocycles. The first kappa shape index (κ1) is 16.7. The molecule has 6 heteroatoms. The van der Waals surface area contributed by atoms with Crippen molar-refractivity contribution in [3.05, 3.63) is 57.4 Å². The lowest BCUT2D eigenvalue weighted by Crippen LogP contribution is -2.20. The molecule has 1 N–H and O–H groups in total. The van der Waals surface area contributed by atoms with Gasteiger partial charge in [0.1, 0.15) is 11.4 Å². The van der Waals surface area contributed by atoms with E-state index in [0.29, 0.717) is 38.9 Å². The highest BCUT2D eigenvalue weighted by molar-refractivity contribution is 5.98. The van der Waals surface area contributed by atoms with Gasteiger partial charge in [0.25, 0.3) is 5.56 Å². The molecule has 1 heterocycles. The SMILES string of the molecule is COc1c(-c2nn(C)c(=O)c3ccccc23)cc(C)c(C(=O)O)c1C. The zero-order valence-electron chi connectivity index (χ0n) is 14.5. The first-order valence-corrected chi connectivity index (χ1v) is 7.74. The molecule has 0 aliphatic heterocycles. The molecule has 0 fully saturated rings. The second-order valence-electron chi connectivity index (χ2n) is 5.90. The Morgan fingerprint density at radius 1 is 1.20 bits per heavy atom. The summed E-state index contributed by atoms with van der Waals surface area (Å²) < 4.78 is 6.79. The van der Waals surface area contributed by atoms with Crippen LogP contribution < -0.4 is 10.3 Å².